The van der Waals surface area contributed by atoms with Crippen molar-refractivity contribution >= 4 is 27.3 Å². The second kappa shape index (κ2) is 10.1. The number of hydrogen-bond acceptors (Lipinski definition) is 5. The highest BCUT2D eigenvalue weighted by molar-refractivity contribution is 7.92. The second-order valence-corrected chi connectivity index (χ2v) is 9.00. The summed E-state index contributed by atoms with van der Waals surface area (Å²) < 4.78 is 27.9. The Morgan fingerprint density at radius 2 is 1.69 bits per heavy atom. The van der Waals surface area contributed by atoms with Crippen molar-refractivity contribution in [1.29, 1.82) is 0 Å². The summed E-state index contributed by atoms with van der Waals surface area (Å²) in [6, 6.07) is 20.8. The Morgan fingerprint density at radius 1 is 1.00 bits per heavy atom. The van der Waals surface area contributed by atoms with E-state index in [1.165, 1.54) is 28.6 Å². The van der Waals surface area contributed by atoms with Crippen molar-refractivity contribution in [2.45, 2.75) is 18.2 Å². The minimum Gasteiger partial charge on any atom is -0.352 e. The summed E-state index contributed by atoms with van der Waals surface area (Å²) in [5.74, 6) is -0.457. The monoisotopic (exact) mass is 453 g/mol. The zero-order chi connectivity index (χ0) is 23.1. The number of nitro benzene ring substituents is 1. The number of carbonyl (C=O) groups is 1. The second-order valence-electron chi connectivity index (χ2n) is 7.14. The predicted molar refractivity (Wildman–Crippen MR) is 122 cm³/mol. The molecule has 166 valence electrons. The van der Waals surface area contributed by atoms with Crippen molar-refractivity contribution < 1.29 is 18.1 Å². The third-order valence-corrected chi connectivity index (χ3v) is 6.64. The lowest BCUT2D eigenvalue weighted by Crippen LogP contribution is -2.34. The van der Waals surface area contributed by atoms with Gasteiger partial charge >= 0.3 is 0 Å². The van der Waals surface area contributed by atoms with Crippen LogP contribution in [-0.2, 0) is 10.0 Å². The number of carbonyl (C=O) groups excluding carboxylic acids is 1. The number of hydrogen-bond donors (Lipinski definition) is 1. The quantitative estimate of drug-likeness (QED) is 0.300. The van der Waals surface area contributed by atoms with Crippen molar-refractivity contribution in [3.63, 3.8) is 0 Å². The molecule has 32 heavy (non-hydrogen) atoms. The van der Waals surface area contributed by atoms with Gasteiger partial charge in [-0.2, -0.15) is 0 Å². The van der Waals surface area contributed by atoms with Gasteiger partial charge in [-0.15, -0.1) is 0 Å². The minimum atomic E-state index is -3.79. The third kappa shape index (κ3) is 5.50. The maximum Gasteiger partial charge on any atom is 0.270 e. The Hall–Kier alpha value is -3.72. The first-order chi connectivity index (χ1) is 15.3. The van der Waals surface area contributed by atoms with Crippen LogP contribution in [0.1, 0.15) is 22.3 Å². The number of anilines is 1. The molecular weight excluding hydrogens is 430 g/mol. The Kier molecular flexibility index (Phi) is 7.21. The smallest absolute Gasteiger partial charge is 0.270 e. The zero-order valence-electron chi connectivity index (χ0n) is 17.5. The molecule has 0 atom stereocenters. The van der Waals surface area contributed by atoms with E-state index in [4.69, 9.17) is 0 Å². The Balaban J connectivity index is 1.70. The number of para-hydroxylation sites is 1. The molecule has 0 aliphatic rings. The van der Waals surface area contributed by atoms with Crippen LogP contribution < -0.4 is 9.62 Å². The van der Waals surface area contributed by atoms with E-state index in [1.54, 1.807) is 54.6 Å². The summed E-state index contributed by atoms with van der Waals surface area (Å²) >= 11 is 0. The van der Waals surface area contributed by atoms with Crippen LogP contribution >= 0.6 is 0 Å². The maximum atomic E-state index is 13.3. The fourth-order valence-corrected chi connectivity index (χ4v) is 4.61. The molecule has 8 nitrogen and oxygen atoms in total. The molecule has 0 spiro atoms. The first-order valence-electron chi connectivity index (χ1n) is 9.96. The number of nitrogens with zero attached hydrogens (tertiary/aromatic N) is 2. The number of non-ortho nitro benzene ring substituents is 1. The highest BCUT2D eigenvalue weighted by Crippen LogP contribution is 2.24. The molecule has 0 aliphatic carbocycles. The van der Waals surface area contributed by atoms with Crippen LogP contribution in [0, 0.1) is 17.0 Å². The van der Waals surface area contributed by atoms with Crippen molar-refractivity contribution in [1.82, 2.24) is 5.32 Å². The Labute approximate surface area is 186 Å². The van der Waals surface area contributed by atoms with Gasteiger partial charge in [0.15, 0.2) is 0 Å². The van der Waals surface area contributed by atoms with Gasteiger partial charge < -0.3 is 5.32 Å². The molecule has 3 aromatic carbocycles. The van der Waals surface area contributed by atoms with Crippen LogP contribution in [0.5, 0.6) is 0 Å². The molecule has 0 aliphatic heterocycles. The van der Waals surface area contributed by atoms with E-state index in [0.717, 1.165) is 5.56 Å². The molecule has 0 aromatic heterocycles. The van der Waals surface area contributed by atoms with Crippen LogP contribution in [0.4, 0.5) is 11.4 Å². The van der Waals surface area contributed by atoms with Crippen LogP contribution in [0.15, 0.2) is 83.8 Å². The molecule has 0 fully saturated rings. The van der Waals surface area contributed by atoms with Crippen molar-refractivity contribution in [3.05, 3.63) is 100 Å². The number of benzene rings is 3. The Morgan fingerprint density at radius 3 is 2.34 bits per heavy atom. The zero-order valence-corrected chi connectivity index (χ0v) is 18.3. The first-order valence-corrected chi connectivity index (χ1v) is 11.4. The van der Waals surface area contributed by atoms with Crippen LogP contribution in [0.2, 0.25) is 0 Å². The minimum absolute atomic E-state index is 0.148. The van der Waals surface area contributed by atoms with Gasteiger partial charge in [-0.3, -0.25) is 19.2 Å². The molecule has 3 aromatic rings. The number of aryl methyl sites for hydroxylation is 1. The number of nitrogens with one attached hydrogen (secondary N) is 1. The molecule has 0 saturated carbocycles. The summed E-state index contributed by atoms with van der Waals surface area (Å²) in [6.07, 6.45) is 0.348. The summed E-state index contributed by atoms with van der Waals surface area (Å²) in [4.78, 5) is 22.8. The van der Waals surface area contributed by atoms with Crippen LogP contribution in [0.3, 0.4) is 0 Å². The van der Waals surface area contributed by atoms with Crippen LogP contribution in [-0.4, -0.2) is 32.3 Å². The molecule has 1 N–H and O–H groups in total. The van der Waals surface area contributed by atoms with E-state index in [1.807, 2.05) is 6.92 Å². The average Bonchev–Trinajstić information content (AvgIpc) is 2.79. The average molecular weight is 454 g/mol. The topological polar surface area (TPSA) is 110 Å². The predicted octanol–water partition coefficient (Wildman–Crippen LogP) is 3.92. The lowest BCUT2D eigenvalue weighted by atomic mass is 10.2. The first kappa shape index (κ1) is 23.0. The van der Waals surface area contributed by atoms with Gasteiger partial charge in [0.25, 0.3) is 21.6 Å². The molecule has 0 bridgehead atoms. The fraction of sp³-hybridized carbons (Fsp3) is 0.174. The standard InChI is InChI=1S/C23H23N3O5S/c1-18-11-13-22(14-12-18)32(30,31)25(20-8-3-2-4-9-20)16-6-15-24-23(27)19-7-5-10-21(17-19)26(28)29/h2-5,7-14,17H,6,15-16H2,1H3,(H,24,27). The summed E-state index contributed by atoms with van der Waals surface area (Å²) in [5, 5.41) is 13.6. The Bertz CT molecular complexity index is 1200. The molecule has 9 heteroatoms. The molecule has 0 saturated heterocycles. The van der Waals surface area contributed by atoms with Gasteiger partial charge in [0.05, 0.1) is 15.5 Å². The lowest BCUT2D eigenvalue weighted by Gasteiger charge is -2.24. The molecular formula is C23H23N3O5S. The van der Waals surface area contributed by atoms with E-state index in [2.05, 4.69) is 5.32 Å². The highest BCUT2D eigenvalue weighted by atomic mass is 32.2. The van der Waals surface area contributed by atoms with Crippen molar-refractivity contribution in [2.24, 2.45) is 0 Å². The molecule has 0 heterocycles. The normalized spacial score (nSPS) is 11.0. The lowest BCUT2D eigenvalue weighted by molar-refractivity contribution is -0.384. The largest absolute Gasteiger partial charge is 0.352 e. The number of nitro groups is 1. The van der Waals surface area contributed by atoms with Crippen LogP contribution in [0.25, 0.3) is 0 Å². The van der Waals surface area contributed by atoms with Crippen molar-refractivity contribution in [2.75, 3.05) is 17.4 Å². The van der Waals surface area contributed by atoms with Gasteiger partial charge in [-0.05, 0) is 43.7 Å². The van der Waals surface area contributed by atoms with Gasteiger partial charge in [-0.1, -0.05) is 42.0 Å². The van der Waals surface area contributed by atoms with Gasteiger partial charge in [0, 0.05) is 30.8 Å². The third-order valence-electron chi connectivity index (χ3n) is 4.80. The SMILES string of the molecule is Cc1ccc(S(=O)(=O)N(CCCNC(=O)c2cccc([N+](=O)[O-])c2)c2ccccc2)cc1. The molecule has 1 amide bonds. The summed E-state index contributed by atoms with van der Waals surface area (Å²) in [6.45, 7) is 2.24. The molecule has 3 rings (SSSR count). The summed E-state index contributed by atoms with van der Waals surface area (Å²) in [7, 11) is -3.79. The number of amides is 1. The number of sulfonamides is 1. The van der Waals surface area contributed by atoms with E-state index >= 15 is 0 Å². The van der Waals surface area contributed by atoms with Gasteiger partial charge in [-0.25, -0.2) is 8.42 Å². The molecule has 0 unspecified atom stereocenters. The maximum absolute atomic E-state index is 13.3. The van der Waals surface area contributed by atoms with E-state index in [0.29, 0.717) is 12.1 Å². The van der Waals surface area contributed by atoms with E-state index in [9.17, 15) is 23.3 Å². The van der Waals surface area contributed by atoms with E-state index in [-0.39, 0.29) is 29.2 Å². The summed E-state index contributed by atoms with van der Waals surface area (Å²) in [5.41, 5.74) is 1.49. The van der Waals surface area contributed by atoms with E-state index < -0.39 is 20.9 Å². The van der Waals surface area contributed by atoms with Gasteiger partial charge in [0.1, 0.15) is 0 Å². The molecule has 0 radical (unpaired) electrons. The highest BCUT2D eigenvalue weighted by Gasteiger charge is 2.24. The van der Waals surface area contributed by atoms with Crippen molar-refractivity contribution in [3.8, 4) is 0 Å². The fourth-order valence-electron chi connectivity index (χ4n) is 3.11. The number of rotatable bonds is 9. The van der Waals surface area contributed by atoms with Gasteiger partial charge in [0.2, 0.25) is 0 Å².